The highest BCUT2D eigenvalue weighted by Crippen LogP contribution is 2.58. The second kappa shape index (κ2) is 8.79. The number of carbonyl (C=O) groups excluding carboxylic acids is 3. The van der Waals surface area contributed by atoms with E-state index in [1.807, 2.05) is 13.8 Å². The number of esters is 1. The summed E-state index contributed by atoms with van der Waals surface area (Å²) in [5, 5.41) is 3.50. The Morgan fingerprint density at radius 1 is 1.08 bits per heavy atom. The molecule has 10 heteroatoms. The van der Waals surface area contributed by atoms with E-state index in [9.17, 15) is 14.4 Å². The number of nitrogens with one attached hydrogen (secondary N) is 1. The van der Waals surface area contributed by atoms with E-state index in [0.29, 0.717) is 29.1 Å². The van der Waals surface area contributed by atoms with Crippen molar-refractivity contribution in [2.24, 2.45) is 11.1 Å². The molecule has 2 aromatic carbocycles. The van der Waals surface area contributed by atoms with E-state index < -0.39 is 22.7 Å². The van der Waals surface area contributed by atoms with Gasteiger partial charge in [0.1, 0.15) is 16.8 Å². The molecule has 0 aromatic heterocycles. The lowest BCUT2D eigenvalue weighted by atomic mass is 9.60. The molecule has 0 fully saturated rings. The maximum atomic E-state index is 14.0. The van der Waals surface area contributed by atoms with Gasteiger partial charge < -0.3 is 15.8 Å². The zero-order chi connectivity index (χ0) is 26.9. The molecule has 192 valence electrons. The van der Waals surface area contributed by atoms with Crippen LogP contribution in [0.5, 0.6) is 0 Å². The molecule has 0 radical (unpaired) electrons. The molecule has 1 spiro atoms. The average Bonchev–Trinajstić information content (AvgIpc) is 3.08. The number of Topliss-reactive ketones (excluding diaryl/α,β-unsaturated/α-hetero) is 1. The van der Waals surface area contributed by atoms with Crippen molar-refractivity contribution in [1.29, 1.82) is 0 Å². The predicted octanol–water partition coefficient (Wildman–Crippen LogP) is 5.73. The molecule has 1 unspecified atom stereocenters. The Morgan fingerprint density at radius 3 is 2.46 bits per heavy atom. The van der Waals surface area contributed by atoms with E-state index in [0.717, 1.165) is 0 Å². The standard InChI is InChI=1S/C27H24Cl3N3O4/c1-4-37-24(35)22-23(31)33(18-10-15(29)14(28)9-16(18)30)19-11-26(2,3)12-20(34)21(19)27(22)13-7-5-6-8-17(13)32-25(27)36/h5-10H,4,11-12,31H2,1-3H3,(H,32,36). The smallest absolute Gasteiger partial charge is 0.339 e. The molecule has 3 N–H and O–H groups in total. The van der Waals surface area contributed by atoms with Crippen LogP contribution in [0.2, 0.25) is 15.1 Å². The number of hydrogen-bond donors (Lipinski definition) is 2. The van der Waals surface area contributed by atoms with E-state index >= 15 is 0 Å². The highest BCUT2D eigenvalue weighted by atomic mass is 35.5. The number of anilines is 2. The molecule has 0 saturated heterocycles. The number of fused-ring (bicyclic) bond motifs is 3. The van der Waals surface area contributed by atoms with Gasteiger partial charge in [-0.05, 0) is 37.0 Å². The highest BCUT2D eigenvalue weighted by Gasteiger charge is 2.63. The summed E-state index contributed by atoms with van der Waals surface area (Å²) in [6, 6.07) is 9.95. The third kappa shape index (κ3) is 3.67. The van der Waals surface area contributed by atoms with Gasteiger partial charge in [-0.1, -0.05) is 66.8 Å². The number of nitrogens with zero attached hydrogens (tertiary/aromatic N) is 1. The minimum absolute atomic E-state index is 0.0371. The van der Waals surface area contributed by atoms with Gasteiger partial charge in [-0.3, -0.25) is 14.5 Å². The fourth-order valence-corrected chi connectivity index (χ4v) is 6.28. The first kappa shape index (κ1) is 25.6. The number of para-hydroxylation sites is 1. The molecule has 2 aliphatic heterocycles. The van der Waals surface area contributed by atoms with Gasteiger partial charge in [0.05, 0.1) is 27.4 Å². The van der Waals surface area contributed by atoms with Crippen molar-refractivity contribution in [3.8, 4) is 0 Å². The SMILES string of the molecule is CCOC(=O)C1=C(N)N(c2cc(Cl)c(Cl)cc2Cl)C2=C(C(=O)CC(C)(C)C2)C12C(=O)Nc1ccccc12. The quantitative estimate of drug-likeness (QED) is 0.367. The Balaban J connectivity index is 1.94. The number of nitrogens with two attached hydrogens (primary N) is 1. The number of halogens is 3. The first-order chi connectivity index (χ1) is 17.4. The minimum atomic E-state index is -1.78. The van der Waals surface area contributed by atoms with Crippen molar-refractivity contribution >= 4 is 63.8 Å². The van der Waals surface area contributed by atoms with Crippen molar-refractivity contribution in [2.45, 2.75) is 39.0 Å². The Hall–Kier alpha value is -3.00. The zero-order valence-electron chi connectivity index (χ0n) is 20.4. The molecule has 2 heterocycles. The van der Waals surface area contributed by atoms with Crippen LogP contribution in [-0.2, 0) is 24.5 Å². The maximum absolute atomic E-state index is 14.0. The Morgan fingerprint density at radius 2 is 1.76 bits per heavy atom. The van der Waals surface area contributed by atoms with Crippen LogP contribution in [0.1, 0.15) is 39.2 Å². The number of benzene rings is 2. The molecule has 0 saturated carbocycles. The summed E-state index contributed by atoms with van der Waals surface area (Å²) < 4.78 is 5.42. The molecule has 1 amide bonds. The summed E-state index contributed by atoms with van der Waals surface area (Å²) in [6.45, 7) is 5.60. The van der Waals surface area contributed by atoms with Gasteiger partial charge in [-0.2, -0.15) is 0 Å². The third-order valence-corrected chi connectivity index (χ3v) is 8.02. The Kier molecular flexibility index (Phi) is 6.09. The fourth-order valence-electron chi connectivity index (χ4n) is 5.65. The molecule has 37 heavy (non-hydrogen) atoms. The van der Waals surface area contributed by atoms with Gasteiger partial charge in [0.2, 0.25) is 5.91 Å². The summed E-state index contributed by atoms with van der Waals surface area (Å²) in [5.41, 5.74) is 6.34. The van der Waals surface area contributed by atoms with E-state index in [-0.39, 0.29) is 50.8 Å². The van der Waals surface area contributed by atoms with Crippen LogP contribution in [0.15, 0.2) is 59.1 Å². The van der Waals surface area contributed by atoms with Gasteiger partial charge in [-0.15, -0.1) is 0 Å². The first-order valence-corrected chi connectivity index (χ1v) is 12.9. The summed E-state index contributed by atoms with van der Waals surface area (Å²) >= 11 is 19.2. The molecule has 1 atom stereocenters. The Bertz CT molecular complexity index is 1460. The van der Waals surface area contributed by atoms with Crippen molar-refractivity contribution in [2.75, 3.05) is 16.8 Å². The van der Waals surface area contributed by atoms with Crippen molar-refractivity contribution in [3.63, 3.8) is 0 Å². The molecular weight excluding hydrogens is 537 g/mol. The number of ether oxygens (including phenoxy) is 1. The number of ketones is 1. The lowest BCUT2D eigenvalue weighted by Crippen LogP contribution is -2.54. The van der Waals surface area contributed by atoms with Crippen molar-refractivity contribution in [1.82, 2.24) is 0 Å². The number of allylic oxidation sites excluding steroid dienone is 1. The second-order valence-corrected chi connectivity index (χ2v) is 11.3. The molecule has 1 aliphatic carbocycles. The first-order valence-electron chi connectivity index (χ1n) is 11.7. The van der Waals surface area contributed by atoms with Gasteiger partial charge in [0.25, 0.3) is 0 Å². The second-order valence-electron chi connectivity index (χ2n) is 10.0. The van der Waals surface area contributed by atoms with Gasteiger partial charge in [0, 0.05) is 28.9 Å². The summed E-state index contributed by atoms with van der Waals surface area (Å²) in [5.74, 6) is -1.69. The maximum Gasteiger partial charge on any atom is 0.339 e. The summed E-state index contributed by atoms with van der Waals surface area (Å²) in [4.78, 5) is 43.2. The van der Waals surface area contributed by atoms with Crippen LogP contribution >= 0.6 is 34.8 Å². The zero-order valence-corrected chi connectivity index (χ0v) is 22.6. The topological polar surface area (TPSA) is 102 Å². The summed E-state index contributed by atoms with van der Waals surface area (Å²) in [7, 11) is 0. The summed E-state index contributed by atoms with van der Waals surface area (Å²) in [6.07, 6.45) is 0.542. The number of amides is 1. The number of carbonyl (C=O) groups is 3. The average molecular weight is 561 g/mol. The fraction of sp³-hybridized carbons (Fsp3) is 0.296. The van der Waals surface area contributed by atoms with E-state index in [2.05, 4.69) is 5.32 Å². The van der Waals surface area contributed by atoms with Crippen LogP contribution in [-0.4, -0.2) is 24.3 Å². The van der Waals surface area contributed by atoms with E-state index in [1.165, 1.54) is 12.1 Å². The van der Waals surface area contributed by atoms with Gasteiger partial charge in [-0.25, -0.2) is 4.79 Å². The largest absolute Gasteiger partial charge is 0.462 e. The number of hydrogen-bond acceptors (Lipinski definition) is 6. The molecule has 3 aliphatic rings. The lowest BCUT2D eigenvalue weighted by Gasteiger charge is -2.47. The lowest BCUT2D eigenvalue weighted by molar-refractivity contribution is -0.140. The van der Waals surface area contributed by atoms with Crippen LogP contribution in [0.4, 0.5) is 11.4 Å². The minimum Gasteiger partial charge on any atom is -0.462 e. The van der Waals surface area contributed by atoms with Crippen LogP contribution in [0, 0.1) is 5.41 Å². The third-order valence-electron chi connectivity index (χ3n) is 7.00. The van der Waals surface area contributed by atoms with Crippen LogP contribution < -0.4 is 16.0 Å². The molecular formula is C27H24Cl3N3O4. The molecule has 2 aromatic rings. The molecule has 5 rings (SSSR count). The molecule has 7 nitrogen and oxygen atoms in total. The van der Waals surface area contributed by atoms with Crippen molar-refractivity contribution < 1.29 is 19.1 Å². The van der Waals surface area contributed by atoms with Gasteiger partial charge in [0.15, 0.2) is 5.78 Å². The van der Waals surface area contributed by atoms with E-state index in [4.69, 9.17) is 45.3 Å². The highest BCUT2D eigenvalue weighted by molar-refractivity contribution is 6.44. The van der Waals surface area contributed by atoms with E-state index in [1.54, 1.807) is 36.1 Å². The monoisotopic (exact) mass is 559 g/mol. The predicted molar refractivity (Wildman–Crippen MR) is 144 cm³/mol. The van der Waals surface area contributed by atoms with Crippen molar-refractivity contribution in [3.05, 3.63) is 79.7 Å². The van der Waals surface area contributed by atoms with Crippen LogP contribution in [0.25, 0.3) is 0 Å². The number of rotatable bonds is 3. The Labute approximate surface area is 229 Å². The van der Waals surface area contributed by atoms with Crippen LogP contribution in [0.3, 0.4) is 0 Å². The van der Waals surface area contributed by atoms with Gasteiger partial charge >= 0.3 is 5.97 Å². The molecule has 0 bridgehead atoms. The normalized spacial score (nSPS) is 22.3.